The second kappa shape index (κ2) is 6.56. The normalized spacial score (nSPS) is 17.0. The first-order valence-electron chi connectivity index (χ1n) is 7.51. The Morgan fingerprint density at radius 1 is 1.04 bits per heavy atom. The largest absolute Gasteiger partial charge is 0.320 e. The summed E-state index contributed by atoms with van der Waals surface area (Å²) in [7, 11) is -1.66. The van der Waals surface area contributed by atoms with Gasteiger partial charge in [-0.1, -0.05) is 12.1 Å². The minimum Gasteiger partial charge on any atom is -0.320 e. The lowest BCUT2D eigenvalue weighted by atomic mass is 10.2. The molecule has 0 amide bonds. The lowest BCUT2D eigenvalue weighted by Gasteiger charge is -2.43. The van der Waals surface area contributed by atoms with E-state index in [0.717, 1.165) is 16.4 Å². The summed E-state index contributed by atoms with van der Waals surface area (Å²) in [5.74, 6) is -1.56. The van der Waals surface area contributed by atoms with Crippen LogP contribution in [0.25, 0.3) is 0 Å². The monoisotopic (exact) mass is 355 g/mol. The van der Waals surface area contributed by atoms with Crippen molar-refractivity contribution in [3.63, 3.8) is 0 Å². The number of rotatable bonds is 5. The van der Waals surface area contributed by atoms with Crippen LogP contribution in [0.5, 0.6) is 0 Å². The zero-order chi connectivity index (χ0) is 17.3. The van der Waals surface area contributed by atoms with E-state index in [9.17, 15) is 17.9 Å². The highest BCUT2D eigenvalue weighted by molar-refractivity contribution is 8.27. The van der Waals surface area contributed by atoms with Crippen molar-refractivity contribution in [2.24, 2.45) is 0 Å². The molecule has 24 heavy (non-hydrogen) atoms. The second-order valence-electron chi connectivity index (χ2n) is 5.43. The molecular formula is C16H19F2N3O2S. The van der Waals surface area contributed by atoms with Crippen LogP contribution in [0.3, 0.4) is 0 Å². The van der Waals surface area contributed by atoms with Crippen LogP contribution in [0, 0.1) is 11.6 Å². The molecule has 0 aromatic heterocycles. The molecule has 8 heteroatoms. The summed E-state index contributed by atoms with van der Waals surface area (Å²) >= 11 is 0. The van der Waals surface area contributed by atoms with Gasteiger partial charge in [0.2, 0.25) is 0 Å². The highest BCUT2D eigenvalue weighted by atomic mass is 32.3. The average Bonchev–Trinajstić information content (AvgIpc) is 2.76. The molecule has 1 aliphatic heterocycles. The molecule has 2 aromatic rings. The van der Waals surface area contributed by atoms with Gasteiger partial charge in [-0.25, -0.2) is 13.1 Å². The number of fused-ring (bicyclic) bond motifs is 1. The standard InChI is InChI=1S/C16H19F2N3O2S/c1-19-9-4-10-20-15-5-2-3-6-16(15)21(24(20,22)23)14-8-7-12(17)11-13(14)18/h2-3,5-8,11,19,22-23H,4,9-10H2,1H3. The van der Waals surface area contributed by atoms with Crippen molar-refractivity contribution < 1.29 is 17.9 Å². The van der Waals surface area contributed by atoms with Gasteiger partial charge in [0.1, 0.15) is 11.5 Å². The summed E-state index contributed by atoms with van der Waals surface area (Å²) in [6, 6.07) is 10.0. The second-order valence-corrected chi connectivity index (χ2v) is 7.21. The molecule has 1 heterocycles. The number of nitrogens with zero attached hydrogens (tertiary/aromatic N) is 2. The number of anilines is 3. The van der Waals surface area contributed by atoms with E-state index in [2.05, 4.69) is 5.32 Å². The van der Waals surface area contributed by atoms with Crippen molar-refractivity contribution in [3.05, 3.63) is 54.1 Å². The van der Waals surface area contributed by atoms with Gasteiger partial charge in [0.25, 0.3) is 0 Å². The van der Waals surface area contributed by atoms with E-state index >= 15 is 0 Å². The molecule has 0 bridgehead atoms. The number of hydrogen-bond donors (Lipinski definition) is 3. The Kier molecular flexibility index (Phi) is 4.64. The quantitative estimate of drug-likeness (QED) is 0.705. The van der Waals surface area contributed by atoms with Crippen LogP contribution in [0.4, 0.5) is 25.8 Å². The van der Waals surface area contributed by atoms with Crippen LogP contribution >= 0.6 is 11.0 Å². The van der Waals surface area contributed by atoms with Crippen LogP contribution in [0.15, 0.2) is 42.5 Å². The Hall–Kier alpha value is -1.87. The molecule has 0 radical (unpaired) electrons. The van der Waals surface area contributed by atoms with Crippen molar-refractivity contribution >= 4 is 28.0 Å². The Balaban J connectivity index is 2.06. The molecule has 0 saturated heterocycles. The molecule has 5 nitrogen and oxygen atoms in total. The third kappa shape index (κ3) is 2.82. The third-order valence-electron chi connectivity index (χ3n) is 3.83. The maximum absolute atomic E-state index is 14.3. The summed E-state index contributed by atoms with van der Waals surface area (Å²) in [4.78, 5) is 0. The molecule has 0 aliphatic carbocycles. The molecule has 0 spiro atoms. The average molecular weight is 355 g/mol. The maximum atomic E-state index is 14.3. The van der Waals surface area contributed by atoms with E-state index in [1.54, 1.807) is 24.3 Å². The van der Waals surface area contributed by atoms with E-state index in [1.807, 2.05) is 7.05 Å². The molecule has 1 aliphatic rings. The molecular weight excluding hydrogens is 336 g/mol. The molecule has 0 unspecified atom stereocenters. The Labute approximate surface area is 141 Å². The predicted molar refractivity (Wildman–Crippen MR) is 93.7 cm³/mol. The van der Waals surface area contributed by atoms with Gasteiger partial charge >= 0.3 is 0 Å². The van der Waals surface area contributed by atoms with E-state index in [4.69, 9.17) is 0 Å². The lowest BCUT2D eigenvalue weighted by Crippen LogP contribution is -2.33. The molecule has 130 valence electrons. The van der Waals surface area contributed by atoms with Crippen LogP contribution < -0.4 is 13.9 Å². The summed E-state index contributed by atoms with van der Waals surface area (Å²) in [6.45, 7) is 1.10. The molecule has 2 aromatic carbocycles. The van der Waals surface area contributed by atoms with E-state index in [1.165, 1.54) is 10.4 Å². The van der Waals surface area contributed by atoms with Gasteiger partial charge in [0.05, 0.1) is 11.4 Å². The van der Waals surface area contributed by atoms with Crippen LogP contribution in [-0.4, -0.2) is 29.2 Å². The fraction of sp³-hybridized carbons (Fsp3) is 0.250. The molecule has 0 fully saturated rings. The van der Waals surface area contributed by atoms with Gasteiger partial charge < -0.3 is 5.32 Å². The fourth-order valence-corrected chi connectivity index (χ4v) is 4.58. The zero-order valence-corrected chi connectivity index (χ0v) is 13.9. The van der Waals surface area contributed by atoms with Crippen molar-refractivity contribution in [3.8, 4) is 0 Å². The smallest absolute Gasteiger partial charge is 0.151 e. The van der Waals surface area contributed by atoms with Crippen LogP contribution in [0.2, 0.25) is 0 Å². The summed E-state index contributed by atoms with van der Waals surface area (Å²) < 4.78 is 51.7. The van der Waals surface area contributed by atoms with Gasteiger partial charge in [-0.2, -0.15) is 0 Å². The van der Waals surface area contributed by atoms with Crippen LogP contribution in [-0.2, 0) is 0 Å². The highest BCUT2D eigenvalue weighted by Gasteiger charge is 2.42. The van der Waals surface area contributed by atoms with Gasteiger partial charge in [-0.3, -0.25) is 13.4 Å². The Morgan fingerprint density at radius 3 is 2.42 bits per heavy atom. The summed E-state index contributed by atoms with van der Waals surface area (Å²) in [5.41, 5.74) is 1.02. The highest BCUT2D eigenvalue weighted by Crippen LogP contribution is 2.64. The number of benzene rings is 2. The van der Waals surface area contributed by atoms with Crippen molar-refractivity contribution in [1.29, 1.82) is 0 Å². The van der Waals surface area contributed by atoms with E-state index in [0.29, 0.717) is 30.9 Å². The van der Waals surface area contributed by atoms with Crippen molar-refractivity contribution in [2.45, 2.75) is 6.42 Å². The number of halogens is 2. The van der Waals surface area contributed by atoms with Crippen molar-refractivity contribution in [1.82, 2.24) is 5.32 Å². The number of hydrogen-bond acceptors (Lipinski definition) is 5. The molecule has 3 N–H and O–H groups in total. The van der Waals surface area contributed by atoms with Gasteiger partial charge in [-0.15, -0.1) is 0 Å². The van der Waals surface area contributed by atoms with Gasteiger partial charge in [0, 0.05) is 12.6 Å². The molecule has 3 rings (SSSR count). The minimum atomic E-state index is -3.48. The molecule has 0 atom stereocenters. The summed E-state index contributed by atoms with van der Waals surface area (Å²) in [6.07, 6.45) is 0.681. The van der Waals surface area contributed by atoms with E-state index < -0.39 is 22.6 Å². The fourth-order valence-electron chi connectivity index (χ4n) is 2.76. The van der Waals surface area contributed by atoms with Crippen LogP contribution in [0.1, 0.15) is 6.42 Å². The van der Waals surface area contributed by atoms with E-state index in [-0.39, 0.29) is 5.69 Å². The van der Waals surface area contributed by atoms with Crippen molar-refractivity contribution in [2.75, 3.05) is 28.7 Å². The number of para-hydroxylation sites is 2. The Bertz CT molecular complexity index is 745. The Morgan fingerprint density at radius 2 is 1.75 bits per heavy atom. The first-order valence-corrected chi connectivity index (χ1v) is 8.97. The topological polar surface area (TPSA) is 59.0 Å². The van der Waals surface area contributed by atoms with Gasteiger partial charge in [0.15, 0.2) is 5.82 Å². The summed E-state index contributed by atoms with van der Waals surface area (Å²) in [5, 5.41) is 3.01. The van der Waals surface area contributed by atoms with Gasteiger partial charge in [-0.05, 0) is 55.2 Å². The first kappa shape index (κ1) is 17.0. The zero-order valence-electron chi connectivity index (χ0n) is 13.1. The first-order chi connectivity index (χ1) is 11.5. The minimum absolute atomic E-state index is 0.0695. The maximum Gasteiger partial charge on any atom is 0.151 e. The molecule has 0 saturated carbocycles. The lowest BCUT2D eigenvalue weighted by molar-refractivity contribution is 0.482. The third-order valence-corrected chi connectivity index (χ3v) is 5.68. The SMILES string of the molecule is CNCCCN1c2ccccc2N(c2ccc(F)cc2F)S1(O)O. The number of nitrogens with one attached hydrogen (secondary N) is 1. The predicted octanol–water partition coefficient (Wildman–Crippen LogP) is 4.11.